The fourth-order valence-corrected chi connectivity index (χ4v) is 2.95. The molecule has 0 aliphatic rings. The van der Waals surface area contributed by atoms with E-state index < -0.39 is 0 Å². The fourth-order valence-electron chi connectivity index (χ4n) is 2.95. The molecule has 0 aromatic heterocycles. The molecule has 27 heavy (non-hydrogen) atoms. The summed E-state index contributed by atoms with van der Waals surface area (Å²) in [6.45, 7) is 0.731. The largest absolute Gasteiger partial charge is 0.373 e. The van der Waals surface area contributed by atoms with Crippen LogP contribution in [0.25, 0.3) is 0 Å². The van der Waals surface area contributed by atoms with E-state index in [2.05, 4.69) is 10.2 Å². The third kappa shape index (κ3) is 20.5. The highest BCUT2D eigenvalue weighted by molar-refractivity contribution is 5.75. The molecule has 158 valence electrons. The Balaban J connectivity index is 3.22. The minimum absolute atomic E-state index is 0.146. The van der Waals surface area contributed by atoms with Gasteiger partial charge in [-0.2, -0.15) is 5.90 Å². The molecule has 7 heteroatoms. The number of hydrogen-bond donors (Lipinski definition) is 3. The van der Waals surface area contributed by atoms with Crippen molar-refractivity contribution in [3.8, 4) is 0 Å². The third-order valence-corrected chi connectivity index (χ3v) is 4.59. The Morgan fingerprint density at radius 1 is 0.630 bits per heavy atom. The van der Waals surface area contributed by atoms with E-state index in [0.29, 0.717) is 19.3 Å². The van der Waals surface area contributed by atoms with Gasteiger partial charge in [0.2, 0.25) is 11.8 Å². The predicted octanol–water partition coefficient (Wildman–Crippen LogP) is 3.25. The minimum Gasteiger partial charge on any atom is -0.373 e. The quantitative estimate of drug-likeness (QED) is 0.232. The van der Waals surface area contributed by atoms with Gasteiger partial charge in [-0.05, 0) is 25.7 Å². The number of carbonyl (C=O) groups is 3. The maximum atomic E-state index is 11.7. The van der Waals surface area contributed by atoms with E-state index in [1.165, 1.54) is 19.3 Å². The van der Waals surface area contributed by atoms with E-state index in [4.69, 9.17) is 11.6 Å². The van der Waals surface area contributed by atoms with Crippen LogP contribution in [-0.4, -0.2) is 24.3 Å². The highest BCUT2D eigenvalue weighted by atomic mass is 16.7. The Morgan fingerprint density at radius 3 is 1.59 bits per heavy atom. The van der Waals surface area contributed by atoms with E-state index in [9.17, 15) is 14.4 Å². The van der Waals surface area contributed by atoms with E-state index in [-0.39, 0.29) is 17.8 Å². The topological polar surface area (TPSA) is 125 Å². The molecular formula is C20H39N3O4. The van der Waals surface area contributed by atoms with Crippen LogP contribution >= 0.6 is 0 Å². The number of carbonyl (C=O) groups excluding carboxylic acids is 3. The van der Waals surface area contributed by atoms with Crippen LogP contribution in [0, 0.1) is 0 Å². The van der Waals surface area contributed by atoms with Gasteiger partial charge in [0, 0.05) is 25.8 Å². The van der Waals surface area contributed by atoms with Crippen LogP contribution < -0.4 is 16.9 Å². The number of hydrogen-bond acceptors (Lipinski definition) is 5. The summed E-state index contributed by atoms with van der Waals surface area (Å²) in [5.41, 5.74) is 5.10. The fraction of sp³-hybridized carbons (Fsp3) is 0.850. The minimum atomic E-state index is -0.359. The first kappa shape index (κ1) is 25.4. The molecule has 0 bridgehead atoms. The lowest BCUT2D eigenvalue weighted by molar-refractivity contribution is -0.144. The Morgan fingerprint density at radius 2 is 1.07 bits per heavy atom. The maximum Gasteiger partial charge on any atom is 0.324 e. The Labute approximate surface area is 163 Å². The summed E-state index contributed by atoms with van der Waals surface area (Å²) < 4.78 is 0. The highest BCUT2D eigenvalue weighted by Gasteiger charge is 2.02. The lowest BCUT2D eigenvalue weighted by atomic mass is 10.1. The van der Waals surface area contributed by atoms with Gasteiger partial charge in [0.15, 0.2) is 0 Å². The lowest BCUT2D eigenvalue weighted by Gasteiger charge is -2.05. The molecule has 0 aromatic rings. The first-order valence-electron chi connectivity index (χ1n) is 10.5. The molecule has 0 radical (unpaired) electrons. The second-order valence-corrected chi connectivity index (χ2v) is 7.15. The van der Waals surface area contributed by atoms with Crippen LogP contribution in [0.4, 0.5) is 0 Å². The molecule has 0 aromatic carbocycles. The monoisotopic (exact) mass is 385 g/mol. The van der Waals surface area contributed by atoms with E-state index in [1.807, 2.05) is 0 Å². The summed E-state index contributed by atoms with van der Waals surface area (Å²) >= 11 is 0. The van der Waals surface area contributed by atoms with Crippen LogP contribution in [0.5, 0.6) is 0 Å². The Bertz CT molecular complexity index is 403. The van der Waals surface area contributed by atoms with Crippen molar-refractivity contribution >= 4 is 17.8 Å². The van der Waals surface area contributed by atoms with Crippen molar-refractivity contribution in [1.29, 1.82) is 0 Å². The zero-order chi connectivity index (χ0) is 20.2. The third-order valence-electron chi connectivity index (χ3n) is 4.59. The van der Waals surface area contributed by atoms with Gasteiger partial charge in [-0.1, -0.05) is 57.8 Å². The van der Waals surface area contributed by atoms with Crippen molar-refractivity contribution < 1.29 is 19.2 Å². The van der Waals surface area contributed by atoms with Gasteiger partial charge in [-0.15, -0.1) is 0 Å². The molecule has 0 saturated carbocycles. The molecule has 0 rings (SSSR count). The molecule has 0 saturated heterocycles. The van der Waals surface area contributed by atoms with Gasteiger partial charge in [0.25, 0.3) is 0 Å². The number of nitrogens with two attached hydrogens (primary N) is 2. The number of amides is 2. The van der Waals surface area contributed by atoms with Crippen molar-refractivity contribution in [2.24, 2.45) is 11.6 Å². The Hall–Kier alpha value is -1.63. The number of nitrogens with one attached hydrogen (secondary N) is 1. The highest BCUT2D eigenvalue weighted by Crippen LogP contribution is 2.10. The summed E-state index contributed by atoms with van der Waals surface area (Å²) in [5, 5.41) is 2.97. The summed E-state index contributed by atoms with van der Waals surface area (Å²) in [6.07, 6.45) is 15.1. The number of primary amides is 1. The van der Waals surface area contributed by atoms with Crippen LogP contribution in [0.1, 0.15) is 103 Å². The molecule has 5 N–H and O–H groups in total. The first-order valence-corrected chi connectivity index (χ1v) is 10.5. The van der Waals surface area contributed by atoms with E-state index in [0.717, 1.165) is 70.8 Å². The molecule has 0 aliphatic carbocycles. The molecule has 0 aliphatic heterocycles. The molecule has 0 atom stereocenters. The van der Waals surface area contributed by atoms with Gasteiger partial charge in [0.1, 0.15) is 0 Å². The second-order valence-electron chi connectivity index (χ2n) is 7.15. The summed E-state index contributed by atoms with van der Waals surface area (Å²) in [4.78, 5) is 37.3. The zero-order valence-electron chi connectivity index (χ0n) is 16.8. The molecule has 2 amide bonds. The second kappa shape index (κ2) is 19.1. The normalized spacial score (nSPS) is 10.6. The van der Waals surface area contributed by atoms with Crippen LogP contribution in [0.3, 0.4) is 0 Å². The lowest BCUT2D eigenvalue weighted by Crippen LogP contribution is -2.23. The molecule has 0 spiro atoms. The van der Waals surface area contributed by atoms with Gasteiger partial charge in [0.05, 0.1) is 0 Å². The van der Waals surface area contributed by atoms with Crippen molar-refractivity contribution in [2.75, 3.05) is 6.54 Å². The first-order chi connectivity index (χ1) is 13.1. The average Bonchev–Trinajstić information content (AvgIpc) is 2.64. The van der Waals surface area contributed by atoms with Crippen LogP contribution in [0.2, 0.25) is 0 Å². The van der Waals surface area contributed by atoms with Gasteiger partial charge in [-0.3, -0.25) is 14.4 Å². The number of rotatable bonds is 19. The zero-order valence-corrected chi connectivity index (χ0v) is 16.8. The number of unbranched alkanes of at least 4 members (excludes halogenated alkanes) is 11. The summed E-state index contributed by atoms with van der Waals surface area (Å²) in [7, 11) is 0. The van der Waals surface area contributed by atoms with E-state index >= 15 is 0 Å². The van der Waals surface area contributed by atoms with Gasteiger partial charge < -0.3 is 15.9 Å². The van der Waals surface area contributed by atoms with Crippen molar-refractivity contribution in [1.82, 2.24) is 5.32 Å². The smallest absolute Gasteiger partial charge is 0.324 e. The van der Waals surface area contributed by atoms with Gasteiger partial charge >= 0.3 is 5.97 Å². The molecule has 7 nitrogen and oxygen atoms in total. The van der Waals surface area contributed by atoms with Crippen molar-refractivity contribution in [3.63, 3.8) is 0 Å². The van der Waals surface area contributed by atoms with Crippen molar-refractivity contribution in [3.05, 3.63) is 0 Å². The molecule has 0 unspecified atom stereocenters. The SMILES string of the molecule is NOC(=O)CCCCCCCNC(=O)CCCCCCCCCCC(N)=O. The predicted molar refractivity (Wildman–Crippen MR) is 106 cm³/mol. The molecule has 0 fully saturated rings. The summed E-state index contributed by atoms with van der Waals surface area (Å²) in [6, 6.07) is 0. The molecule has 0 heterocycles. The van der Waals surface area contributed by atoms with Crippen LogP contribution in [0.15, 0.2) is 0 Å². The maximum absolute atomic E-state index is 11.7. The van der Waals surface area contributed by atoms with Gasteiger partial charge in [-0.25, -0.2) is 0 Å². The molecular weight excluding hydrogens is 346 g/mol. The standard InChI is InChI=1S/C20H39N3O4/c21-18(24)14-10-6-3-1-2-4-7-11-15-19(25)23-17-13-9-5-8-12-16-20(26)27-22/h1-17,22H2,(H2,21,24)(H,23,25). The Kier molecular flexibility index (Phi) is 18.0. The van der Waals surface area contributed by atoms with E-state index in [1.54, 1.807) is 0 Å². The van der Waals surface area contributed by atoms with Crippen LogP contribution in [-0.2, 0) is 19.2 Å². The summed E-state index contributed by atoms with van der Waals surface area (Å²) in [5.74, 6) is 4.35. The van der Waals surface area contributed by atoms with Crippen molar-refractivity contribution in [2.45, 2.75) is 103 Å². The average molecular weight is 386 g/mol.